The van der Waals surface area contributed by atoms with Crippen molar-refractivity contribution in [3.05, 3.63) is 0 Å². The molecule has 0 aromatic heterocycles. The second-order valence-corrected chi connectivity index (χ2v) is 16.6. The van der Waals surface area contributed by atoms with E-state index in [0.29, 0.717) is 5.92 Å². The number of hydrogen-bond donors (Lipinski definition) is 0. The molecule has 0 aliphatic heterocycles. The van der Waals surface area contributed by atoms with Gasteiger partial charge in [0.25, 0.3) is 0 Å². The molecule has 0 radical (unpaired) electrons. The first-order valence-electron chi connectivity index (χ1n) is 7.30. The second-order valence-electron chi connectivity index (χ2n) is 7.51. The second kappa shape index (κ2) is 6.46. The topological polar surface area (TPSA) is 0 Å². The van der Waals surface area contributed by atoms with Crippen LogP contribution in [0.3, 0.4) is 0 Å². The standard InChI is InChI=1S/C15H31Cl3Si/c1-9-10-11-12(2)13(3,4)14(5,6)15(7,8)19(16,17)18/h12H,9-11H2,1-8H3. The van der Waals surface area contributed by atoms with Crippen LogP contribution in [-0.2, 0) is 0 Å². The minimum Gasteiger partial charge on any atom is -0.125 e. The zero-order chi connectivity index (χ0) is 15.7. The molecule has 0 aliphatic carbocycles. The Hall–Kier alpha value is 1.09. The summed E-state index contributed by atoms with van der Waals surface area (Å²) in [7, 11) is 0. The molecule has 0 aromatic carbocycles. The molecule has 0 N–H and O–H groups in total. The smallest absolute Gasteiger partial charge is 0.125 e. The summed E-state index contributed by atoms with van der Waals surface area (Å²) in [6.07, 6.45) is 3.75. The lowest BCUT2D eigenvalue weighted by Gasteiger charge is -2.56. The molecule has 0 rings (SSSR count). The van der Waals surface area contributed by atoms with Gasteiger partial charge in [-0.1, -0.05) is 74.7 Å². The molecule has 1 unspecified atom stereocenters. The lowest BCUT2D eigenvalue weighted by atomic mass is 9.56. The van der Waals surface area contributed by atoms with Crippen LogP contribution in [0.5, 0.6) is 0 Å². The van der Waals surface area contributed by atoms with Crippen molar-refractivity contribution >= 4 is 39.2 Å². The summed E-state index contributed by atoms with van der Waals surface area (Å²) in [5, 5.41) is -0.269. The molecule has 116 valence electrons. The van der Waals surface area contributed by atoms with Gasteiger partial charge in [0.1, 0.15) is 0 Å². The van der Waals surface area contributed by atoms with Gasteiger partial charge >= 0.3 is 6.00 Å². The maximum Gasteiger partial charge on any atom is 0.347 e. The minimum absolute atomic E-state index is 0.0371. The van der Waals surface area contributed by atoms with E-state index in [0.717, 1.165) is 0 Å². The third kappa shape index (κ3) is 3.84. The van der Waals surface area contributed by atoms with Crippen LogP contribution < -0.4 is 0 Å². The van der Waals surface area contributed by atoms with E-state index in [1.165, 1.54) is 19.3 Å². The van der Waals surface area contributed by atoms with Gasteiger partial charge in [-0.05, 0) is 16.7 Å². The average Bonchev–Trinajstić information content (AvgIpc) is 2.23. The Kier molecular flexibility index (Phi) is 6.83. The van der Waals surface area contributed by atoms with Crippen molar-refractivity contribution in [3.63, 3.8) is 0 Å². The number of hydrogen-bond acceptors (Lipinski definition) is 0. The van der Waals surface area contributed by atoms with E-state index in [4.69, 9.17) is 33.2 Å². The summed E-state index contributed by atoms with van der Waals surface area (Å²) in [5.41, 5.74) is 0.0905. The van der Waals surface area contributed by atoms with Crippen molar-refractivity contribution in [2.45, 2.75) is 79.7 Å². The van der Waals surface area contributed by atoms with E-state index in [1.54, 1.807) is 0 Å². The molecular formula is C15H31Cl3Si. The fourth-order valence-electron chi connectivity index (χ4n) is 2.65. The number of halogens is 3. The maximum atomic E-state index is 6.39. The van der Waals surface area contributed by atoms with Crippen LogP contribution in [0, 0.1) is 16.7 Å². The maximum absolute atomic E-state index is 6.39. The summed E-state index contributed by atoms with van der Waals surface area (Å²) >= 11 is 19.2. The Labute approximate surface area is 135 Å². The van der Waals surface area contributed by atoms with Crippen molar-refractivity contribution in [3.8, 4) is 0 Å². The highest BCUT2D eigenvalue weighted by atomic mass is 35.8. The fraction of sp³-hybridized carbons (Fsp3) is 1.00. The SMILES string of the molecule is CCCCC(C)C(C)(C)C(C)(C)C(C)(C)[Si](Cl)(Cl)Cl. The van der Waals surface area contributed by atoms with E-state index in [1.807, 2.05) is 0 Å². The predicted octanol–water partition coefficient (Wildman–Crippen LogP) is 7.30. The summed E-state index contributed by atoms with van der Waals surface area (Å²) in [4.78, 5) is 0. The van der Waals surface area contributed by atoms with E-state index < -0.39 is 6.00 Å². The third-order valence-corrected chi connectivity index (χ3v) is 12.4. The van der Waals surface area contributed by atoms with Gasteiger partial charge in [0, 0.05) is 5.04 Å². The lowest BCUT2D eigenvalue weighted by Crippen LogP contribution is -2.51. The molecule has 0 fully saturated rings. The predicted molar refractivity (Wildman–Crippen MR) is 93.6 cm³/mol. The molecule has 1 atom stereocenters. The molecule has 4 heteroatoms. The Morgan fingerprint density at radius 3 is 1.68 bits per heavy atom. The highest BCUT2D eigenvalue weighted by Gasteiger charge is 2.59. The van der Waals surface area contributed by atoms with Crippen LogP contribution in [0.25, 0.3) is 0 Å². The normalized spacial score (nSPS) is 16.6. The largest absolute Gasteiger partial charge is 0.347 e. The van der Waals surface area contributed by atoms with Gasteiger partial charge in [-0.2, -0.15) is 0 Å². The highest BCUT2D eigenvalue weighted by molar-refractivity contribution is 7.65. The zero-order valence-electron chi connectivity index (χ0n) is 13.8. The molecule has 0 heterocycles. The molecule has 0 aliphatic rings. The van der Waals surface area contributed by atoms with Crippen molar-refractivity contribution in [2.75, 3.05) is 0 Å². The van der Waals surface area contributed by atoms with Crippen LogP contribution in [0.4, 0.5) is 0 Å². The van der Waals surface area contributed by atoms with Gasteiger partial charge in [0.2, 0.25) is 0 Å². The molecule has 0 saturated carbocycles. The fourth-order valence-corrected chi connectivity index (χ4v) is 5.80. The van der Waals surface area contributed by atoms with Gasteiger partial charge in [0.15, 0.2) is 0 Å². The first-order chi connectivity index (χ1) is 8.23. The zero-order valence-corrected chi connectivity index (χ0v) is 17.1. The molecule has 0 aromatic rings. The molecule has 0 amide bonds. The van der Waals surface area contributed by atoms with E-state index in [9.17, 15) is 0 Å². The van der Waals surface area contributed by atoms with Gasteiger partial charge in [0.05, 0.1) is 0 Å². The van der Waals surface area contributed by atoms with E-state index >= 15 is 0 Å². The van der Waals surface area contributed by atoms with Crippen LogP contribution >= 0.6 is 33.2 Å². The molecule has 0 nitrogen and oxygen atoms in total. The highest BCUT2D eigenvalue weighted by Crippen LogP contribution is 2.65. The van der Waals surface area contributed by atoms with Crippen LogP contribution in [0.15, 0.2) is 0 Å². The Morgan fingerprint density at radius 1 is 0.947 bits per heavy atom. The molecule has 0 bridgehead atoms. The van der Waals surface area contributed by atoms with Crippen molar-refractivity contribution < 1.29 is 0 Å². The van der Waals surface area contributed by atoms with Crippen LogP contribution in [-0.4, -0.2) is 6.00 Å². The molecular weight excluding hydrogens is 315 g/mol. The molecule has 0 spiro atoms. The number of unbranched alkanes of at least 4 members (excludes halogenated alkanes) is 1. The third-order valence-electron chi connectivity index (χ3n) is 6.10. The average molecular weight is 346 g/mol. The van der Waals surface area contributed by atoms with Crippen molar-refractivity contribution in [1.29, 1.82) is 0 Å². The monoisotopic (exact) mass is 344 g/mol. The van der Waals surface area contributed by atoms with E-state index in [-0.39, 0.29) is 15.9 Å². The first kappa shape index (κ1) is 20.1. The van der Waals surface area contributed by atoms with E-state index in [2.05, 4.69) is 55.4 Å². The summed E-state index contributed by atoms with van der Waals surface area (Å²) in [6, 6.07) is -2.79. The van der Waals surface area contributed by atoms with Crippen LogP contribution in [0.1, 0.15) is 74.7 Å². The Bertz CT molecular complexity index is 290. The minimum atomic E-state index is -2.79. The van der Waals surface area contributed by atoms with Gasteiger partial charge in [-0.25, -0.2) is 0 Å². The van der Waals surface area contributed by atoms with Crippen LogP contribution in [0.2, 0.25) is 5.04 Å². The summed E-state index contributed by atoms with van der Waals surface area (Å²) in [5.74, 6) is 0.614. The lowest BCUT2D eigenvalue weighted by molar-refractivity contribution is 0.00913. The Balaban J connectivity index is 5.38. The first-order valence-corrected chi connectivity index (χ1v) is 12.3. The van der Waals surface area contributed by atoms with Crippen molar-refractivity contribution in [1.82, 2.24) is 0 Å². The van der Waals surface area contributed by atoms with Crippen molar-refractivity contribution in [2.24, 2.45) is 16.7 Å². The van der Waals surface area contributed by atoms with Gasteiger partial charge < -0.3 is 0 Å². The quantitative estimate of drug-likeness (QED) is 0.335. The Morgan fingerprint density at radius 2 is 1.37 bits per heavy atom. The van der Waals surface area contributed by atoms with Gasteiger partial charge in [-0.3, -0.25) is 0 Å². The van der Waals surface area contributed by atoms with Gasteiger partial charge in [-0.15, -0.1) is 33.2 Å². The molecule has 0 saturated heterocycles. The molecule has 19 heavy (non-hydrogen) atoms. The summed E-state index contributed by atoms with van der Waals surface area (Å²) in [6.45, 7) is 18.0. The number of rotatable bonds is 7. The summed E-state index contributed by atoms with van der Waals surface area (Å²) < 4.78 is 0.